The molecule has 0 aliphatic carbocycles. The van der Waals surface area contributed by atoms with E-state index >= 15 is 0 Å². The number of benzene rings is 2. The van der Waals surface area contributed by atoms with Gasteiger partial charge in [-0.25, -0.2) is 4.79 Å². The topological polar surface area (TPSA) is 46.5 Å². The number of halogens is 2. The highest BCUT2D eigenvalue weighted by Crippen LogP contribution is 2.24. The minimum Gasteiger partial charge on any atom is -0.488 e. The Labute approximate surface area is 132 Å². The van der Waals surface area contributed by atoms with Crippen LogP contribution in [0.2, 0.25) is 0 Å². The normalized spacial score (nSPS) is 10.2. The summed E-state index contributed by atoms with van der Waals surface area (Å²) in [6.45, 7) is 0.322. The smallest absolute Gasteiger partial charge is 0.339 e. The number of aromatic carboxylic acids is 1. The quantitative estimate of drug-likeness (QED) is 0.731. The summed E-state index contributed by atoms with van der Waals surface area (Å²) >= 11 is 5.51. The highest BCUT2D eigenvalue weighted by atomic mass is 127. The molecule has 98 valence electrons. The van der Waals surface area contributed by atoms with Gasteiger partial charge in [-0.2, -0.15) is 0 Å². The molecule has 0 aliphatic rings. The first-order chi connectivity index (χ1) is 9.08. The van der Waals surface area contributed by atoms with E-state index in [0.29, 0.717) is 12.4 Å². The van der Waals surface area contributed by atoms with Gasteiger partial charge in [0.05, 0.1) is 0 Å². The van der Waals surface area contributed by atoms with E-state index in [2.05, 4.69) is 38.5 Å². The van der Waals surface area contributed by atoms with E-state index < -0.39 is 5.97 Å². The van der Waals surface area contributed by atoms with Gasteiger partial charge < -0.3 is 9.84 Å². The molecule has 0 heterocycles. The molecule has 1 N–H and O–H groups in total. The summed E-state index contributed by atoms with van der Waals surface area (Å²) in [6.07, 6.45) is 0. The van der Waals surface area contributed by atoms with Crippen LogP contribution in [-0.2, 0) is 6.61 Å². The Morgan fingerprint density at radius 1 is 1.26 bits per heavy atom. The van der Waals surface area contributed by atoms with Crippen molar-refractivity contribution in [2.24, 2.45) is 0 Å². The van der Waals surface area contributed by atoms with Crippen LogP contribution in [0.3, 0.4) is 0 Å². The molecule has 0 aliphatic heterocycles. The van der Waals surface area contributed by atoms with Gasteiger partial charge in [0, 0.05) is 13.6 Å². The van der Waals surface area contributed by atoms with E-state index in [4.69, 9.17) is 9.84 Å². The van der Waals surface area contributed by atoms with E-state index in [9.17, 15) is 4.79 Å². The van der Waals surface area contributed by atoms with Crippen molar-refractivity contribution in [2.45, 2.75) is 6.61 Å². The fraction of sp³-hybridized carbons (Fsp3) is 0.0714. The van der Waals surface area contributed by atoms with E-state index in [-0.39, 0.29) is 5.56 Å². The summed E-state index contributed by atoms with van der Waals surface area (Å²) in [7, 11) is 0. The Bertz CT molecular complexity index is 613. The first-order valence-electron chi connectivity index (χ1n) is 5.47. The predicted octanol–water partition coefficient (Wildman–Crippen LogP) is 4.33. The van der Waals surface area contributed by atoms with Crippen molar-refractivity contribution in [3.63, 3.8) is 0 Å². The molecule has 0 amide bonds. The van der Waals surface area contributed by atoms with Gasteiger partial charge in [-0.05, 0) is 46.9 Å². The zero-order valence-corrected chi connectivity index (χ0v) is 13.5. The van der Waals surface area contributed by atoms with Crippen molar-refractivity contribution in [2.75, 3.05) is 0 Å². The second kappa shape index (κ2) is 6.38. The van der Waals surface area contributed by atoms with Crippen LogP contribution in [-0.4, -0.2) is 11.1 Å². The molecule has 0 fully saturated rings. The molecule has 2 rings (SSSR count). The van der Waals surface area contributed by atoms with Gasteiger partial charge in [0.1, 0.15) is 17.9 Å². The molecule has 0 aromatic heterocycles. The molecule has 5 heteroatoms. The average Bonchev–Trinajstić information content (AvgIpc) is 2.38. The van der Waals surface area contributed by atoms with Crippen molar-refractivity contribution in [1.29, 1.82) is 0 Å². The number of hydrogen-bond donors (Lipinski definition) is 1. The van der Waals surface area contributed by atoms with Crippen molar-refractivity contribution < 1.29 is 14.6 Å². The van der Waals surface area contributed by atoms with Crippen LogP contribution < -0.4 is 4.74 Å². The fourth-order valence-electron chi connectivity index (χ4n) is 1.57. The monoisotopic (exact) mass is 432 g/mol. The Balaban J connectivity index is 2.20. The van der Waals surface area contributed by atoms with Crippen LogP contribution in [0.25, 0.3) is 0 Å². The van der Waals surface area contributed by atoms with Gasteiger partial charge in [0.25, 0.3) is 0 Å². The van der Waals surface area contributed by atoms with Gasteiger partial charge in [-0.3, -0.25) is 0 Å². The third-order valence-corrected chi connectivity index (χ3v) is 3.96. The van der Waals surface area contributed by atoms with Gasteiger partial charge in [0.15, 0.2) is 0 Å². The number of hydrogen-bond acceptors (Lipinski definition) is 2. The van der Waals surface area contributed by atoms with Crippen molar-refractivity contribution in [1.82, 2.24) is 0 Å². The summed E-state index contributed by atoms with van der Waals surface area (Å²) in [4.78, 5) is 11.2. The van der Waals surface area contributed by atoms with E-state index in [1.54, 1.807) is 12.1 Å². The van der Waals surface area contributed by atoms with Crippen molar-refractivity contribution in [3.8, 4) is 5.75 Å². The average molecular weight is 433 g/mol. The third-order valence-electron chi connectivity index (χ3n) is 2.51. The predicted molar refractivity (Wildman–Crippen MR) is 84.6 cm³/mol. The maximum absolute atomic E-state index is 11.2. The third kappa shape index (κ3) is 3.70. The molecule has 2 aromatic rings. The Hall–Kier alpha value is -1.08. The molecule has 0 atom stereocenters. The molecular weight excluding hydrogens is 423 g/mol. The van der Waals surface area contributed by atoms with Crippen LogP contribution in [0.4, 0.5) is 0 Å². The minimum atomic E-state index is -0.986. The van der Waals surface area contributed by atoms with Crippen LogP contribution in [0, 0.1) is 3.57 Å². The fourth-order valence-corrected chi connectivity index (χ4v) is 2.46. The summed E-state index contributed by atoms with van der Waals surface area (Å²) in [5, 5.41) is 9.15. The first kappa shape index (κ1) is 14.3. The van der Waals surface area contributed by atoms with Gasteiger partial charge in [-0.15, -0.1) is 0 Å². The van der Waals surface area contributed by atoms with E-state index in [1.165, 1.54) is 0 Å². The second-order valence-electron chi connectivity index (χ2n) is 3.83. The first-order valence-corrected chi connectivity index (χ1v) is 7.34. The van der Waals surface area contributed by atoms with E-state index in [0.717, 1.165) is 13.6 Å². The lowest BCUT2D eigenvalue weighted by atomic mass is 10.2. The molecule has 2 aromatic carbocycles. The standard InChI is InChI=1S/C14H10BrIO3/c15-12-4-2-1-3-9(12)8-19-13-6-5-10(16)7-11(13)14(17)18/h1-7H,8H2,(H,17,18). The summed E-state index contributed by atoms with van der Waals surface area (Å²) in [5.41, 5.74) is 1.15. The van der Waals surface area contributed by atoms with E-state index in [1.807, 2.05) is 30.3 Å². The molecule has 0 radical (unpaired) electrons. The van der Waals surface area contributed by atoms with Gasteiger partial charge in [-0.1, -0.05) is 34.1 Å². The van der Waals surface area contributed by atoms with Crippen molar-refractivity contribution >= 4 is 44.5 Å². The van der Waals surface area contributed by atoms with Crippen LogP contribution in [0.15, 0.2) is 46.9 Å². The van der Waals surface area contributed by atoms with Gasteiger partial charge in [0.2, 0.25) is 0 Å². The summed E-state index contributed by atoms with van der Waals surface area (Å²) in [6, 6.07) is 12.8. The minimum absolute atomic E-state index is 0.180. The number of rotatable bonds is 4. The number of carboxylic acid groups (broad SMARTS) is 1. The lowest BCUT2D eigenvalue weighted by molar-refractivity contribution is 0.0691. The molecule has 0 saturated heterocycles. The van der Waals surface area contributed by atoms with Crippen LogP contribution in [0.1, 0.15) is 15.9 Å². The lowest BCUT2D eigenvalue weighted by Crippen LogP contribution is -2.04. The lowest BCUT2D eigenvalue weighted by Gasteiger charge is -2.10. The van der Waals surface area contributed by atoms with Crippen LogP contribution in [0.5, 0.6) is 5.75 Å². The molecule has 19 heavy (non-hydrogen) atoms. The highest BCUT2D eigenvalue weighted by molar-refractivity contribution is 14.1. The maximum atomic E-state index is 11.2. The summed E-state index contributed by atoms with van der Waals surface area (Å²) < 4.78 is 7.41. The molecule has 0 saturated carbocycles. The van der Waals surface area contributed by atoms with Crippen molar-refractivity contribution in [3.05, 3.63) is 61.6 Å². The largest absolute Gasteiger partial charge is 0.488 e. The molecule has 3 nitrogen and oxygen atoms in total. The van der Waals surface area contributed by atoms with Gasteiger partial charge >= 0.3 is 5.97 Å². The molecule has 0 bridgehead atoms. The number of ether oxygens (including phenoxy) is 1. The SMILES string of the molecule is O=C(O)c1cc(I)ccc1OCc1ccccc1Br. The molecular formula is C14H10BrIO3. The Morgan fingerprint density at radius 3 is 2.68 bits per heavy atom. The zero-order valence-electron chi connectivity index (χ0n) is 9.77. The van der Waals surface area contributed by atoms with Crippen LogP contribution >= 0.6 is 38.5 Å². The highest BCUT2D eigenvalue weighted by Gasteiger charge is 2.12. The maximum Gasteiger partial charge on any atom is 0.339 e. The molecule has 0 spiro atoms. The number of carboxylic acids is 1. The number of carbonyl (C=O) groups is 1. The zero-order chi connectivity index (χ0) is 13.8. The molecule has 0 unspecified atom stereocenters. The Kier molecular flexibility index (Phi) is 4.81. The summed E-state index contributed by atoms with van der Waals surface area (Å²) in [5.74, 6) is -0.607. The Morgan fingerprint density at radius 2 is 2.00 bits per heavy atom. The second-order valence-corrected chi connectivity index (χ2v) is 5.93.